The second kappa shape index (κ2) is 9.16. The monoisotopic (exact) mass is 429 g/mol. The van der Waals surface area contributed by atoms with E-state index >= 15 is 0 Å². The fraction of sp³-hybridized carbons (Fsp3) is 0.478. The molecule has 2 aromatic rings. The summed E-state index contributed by atoms with van der Waals surface area (Å²) in [6, 6.07) is 8.32. The molecule has 2 fully saturated rings. The number of thiophene rings is 1. The predicted molar refractivity (Wildman–Crippen MR) is 118 cm³/mol. The standard InChI is InChI=1S/C23H28FN3O2S/c1-16-9-10-18(24)20(14-16)26-11-4-6-17(15-26)25-22(28)19-7-2-3-12-27(19)23(29)21-8-5-13-30-21/h5,8-10,13-14,17,19H,2-4,6-7,11-12,15H2,1H3,(H,25,28). The Balaban J connectivity index is 1.43. The van der Waals surface area contributed by atoms with Gasteiger partial charge in [-0.05, 0) is 68.2 Å². The zero-order valence-electron chi connectivity index (χ0n) is 17.3. The van der Waals surface area contributed by atoms with Gasteiger partial charge in [-0.2, -0.15) is 0 Å². The lowest BCUT2D eigenvalue weighted by molar-refractivity contribution is -0.127. The molecular formula is C23H28FN3O2S. The van der Waals surface area contributed by atoms with Crippen LogP contribution in [0.25, 0.3) is 0 Å². The van der Waals surface area contributed by atoms with Crippen molar-refractivity contribution in [3.63, 3.8) is 0 Å². The first-order chi connectivity index (χ1) is 14.5. The zero-order valence-corrected chi connectivity index (χ0v) is 18.1. The van der Waals surface area contributed by atoms with Crippen LogP contribution in [0, 0.1) is 12.7 Å². The Morgan fingerprint density at radius 2 is 2.00 bits per heavy atom. The van der Waals surface area contributed by atoms with Crippen molar-refractivity contribution in [1.82, 2.24) is 10.2 Å². The van der Waals surface area contributed by atoms with Gasteiger partial charge in [-0.1, -0.05) is 12.1 Å². The molecule has 0 spiro atoms. The number of amides is 2. The Kier molecular flexibility index (Phi) is 6.37. The van der Waals surface area contributed by atoms with Crippen LogP contribution in [0.4, 0.5) is 10.1 Å². The van der Waals surface area contributed by atoms with Crippen LogP contribution in [0.15, 0.2) is 35.7 Å². The number of carbonyl (C=O) groups is 2. The fourth-order valence-corrected chi connectivity index (χ4v) is 5.14. The highest BCUT2D eigenvalue weighted by Crippen LogP contribution is 2.26. The van der Waals surface area contributed by atoms with Crippen molar-refractivity contribution in [2.24, 2.45) is 0 Å². The van der Waals surface area contributed by atoms with Crippen LogP contribution in [0.1, 0.15) is 47.3 Å². The Hall–Kier alpha value is -2.41. The van der Waals surface area contributed by atoms with E-state index in [4.69, 9.17) is 0 Å². The van der Waals surface area contributed by atoms with E-state index in [2.05, 4.69) is 5.32 Å². The van der Waals surface area contributed by atoms with Gasteiger partial charge in [0, 0.05) is 25.7 Å². The van der Waals surface area contributed by atoms with Crippen molar-refractivity contribution < 1.29 is 14.0 Å². The lowest BCUT2D eigenvalue weighted by Crippen LogP contribution is -2.56. The maximum atomic E-state index is 14.3. The number of piperidine rings is 2. The lowest BCUT2D eigenvalue weighted by atomic mass is 9.99. The molecule has 1 aromatic carbocycles. The summed E-state index contributed by atoms with van der Waals surface area (Å²) in [5, 5.41) is 5.04. The molecule has 2 unspecified atom stereocenters. The molecular weight excluding hydrogens is 401 g/mol. The molecule has 0 aliphatic carbocycles. The van der Waals surface area contributed by atoms with Crippen LogP contribution < -0.4 is 10.2 Å². The molecule has 2 aliphatic heterocycles. The summed E-state index contributed by atoms with van der Waals surface area (Å²) < 4.78 is 14.3. The highest BCUT2D eigenvalue weighted by molar-refractivity contribution is 7.12. The highest BCUT2D eigenvalue weighted by atomic mass is 32.1. The van der Waals surface area contributed by atoms with Gasteiger partial charge in [0.2, 0.25) is 5.91 Å². The minimum absolute atomic E-state index is 0.0493. The van der Waals surface area contributed by atoms with Crippen LogP contribution >= 0.6 is 11.3 Å². The molecule has 30 heavy (non-hydrogen) atoms. The van der Waals surface area contributed by atoms with Crippen LogP contribution in [-0.4, -0.2) is 48.4 Å². The predicted octanol–water partition coefficient (Wildman–Crippen LogP) is 3.98. The number of anilines is 1. The number of aryl methyl sites for hydroxylation is 1. The smallest absolute Gasteiger partial charge is 0.264 e. The molecule has 3 heterocycles. The minimum Gasteiger partial charge on any atom is -0.367 e. The SMILES string of the molecule is Cc1ccc(F)c(N2CCCC(NC(=O)C3CCCCN3C(=O)c3cccs3)C2)c1. The van der Waals surface area contributed by atoms with E-state index in [-0.39, 0.29) is 23.7 Å². The minimum atomic E-state index is -0.431. The van der Waals surface area contributed by atoms with Gasteiger partial charge in [-0.25, -0.2) is 4.39 Å². The first-order valence-corrected chi connectivity index (χ1v) is 11.6. The van der Waals surface area contributed by atoms with Crippen molar-refractivity contribution in [3.05, 3.63) is 52.0 Å². The van der Waals surface area contributed by atoms with Gasteiger partial charge in [-0.15, -0.1) is 11.3 Å². The first kappa shape index (κ1) is 20.8. The van der Waals surface area contributed by atoms with Crippen molar-refractivity contribution in [2.75, 3.05) is 24.5 Å². The second-order valence-corrected chi connectivity index (χ2v) is 9.18. The molecule has 0 bridgehead atoms. The topological polar surface area (TPSA) is 52.7 Å². The highest BCUT2D eigenvalue weighted by Gasteiger charge is 2.34. The molecule has 160 valence electrons. The average Bonchev–Trinajstić information content (AvgIpc) is 3.30. The summed E-state index contributed by atoms with van der Waals surface area (Å²) in [7, 11) is 0. The van der Waals surface area contributed by atoms with Crippen LogP contribution in [-0.2, 0) is 4.79 Å². The van der Waals surface area contributed by atoms with Gasteiger partial charge in [0.1, 0.15) is 11.9 Å². The molecule has 0 saturated carbocycles. The lowest BCUT2D eigenvalue weighted by Gasteiger charge is -2.38. The van der Waals surface area contributed by atoms with Gasteiger partial charge < -0.3 is 15.1 Å². The van der Waals surface area contributed by atoms with Gasteiger partial charge in [-0.3, -0.25) is 9.59 Å². The van der Waals surface area contributed by atoms with E-state index in [0.29, 0.717) is 30.1 Å². The van der Waals surface area contributed by atoms with Crippen LogP contribution in [0.2, 0.25) is 0 Å². The van der Waals surface area contributed by atoms with Gasteiger partial charge in [0.05, 0.1) is 10.6 Å². The maximum absolute atomic E-state index is 14.3. The number of halogens is 1. The zero-order chi connectivity index (χ0) is 21.1. The molecule has 2 amide bonds. The maximum Gasteiger partial charge on any atom is 0.264 e. The number of benzene rings is 1. The molecule has 7 heteroatoms. The number of hydrogen-bond donors (Lipinski definition) is 1. The summed E-state index contributed by atoms with van der Waals surface area (Å²) in [6.07, 6.45) is 4.30. The molecule has 2 aliphatic rings. The molecule has 1 aromatic heterocycles. The molecule has 0 radical (unpaired) electrons. The molecule has 2 saturated heterocycles. The fourth-order valence-electron chi connectivity index (χ4n) is 4.47. The summed E-state index contributed by atoms with van der Waals surface area (Å²) >= 11 is 1.41. The summed E-state index contributed by atoms with van der Waals surface area (Å²) in [4.78, 5) is 30.4. The van der Waals surface area contributed by atoms with E-state index in [0.717, 1.165) is 37.8 Å². The van der Waals surface area contributed by atoms with Crippen LogP contribution in [0.3, 0.4) is 0 Å². The van der Waals surface area contributed by atoms with E-state index in [1.54, 1.807) is 11.0 Å². The number of nitrogens with zero attached hydrogens (tertiary/aromatic N) is 2. The number of carbonyl (C=O) groups excluding carboxylic acids is 2. The van der Waals surface area contributed by atoms with Crippen molar-refractivity contribution in [3.8, 4) is 0 Å². The van der Waals surface area contributed by atoms with E-state index < -0.39 is 6.04 Å². The van der Waals surface area contributed by atoms with Crippen molar-refractivity contribution in [2.45, 2.75) is 51.1 Å². The molecule has 4 rings (SSSR count). The molecule has 5 nitrogen and oxygen atoms in total. The van der Waals surface area contributed by atoms with E-state index in [1.165, 1.54) is 17.4 Å². The third-order valence-corrected chi connectivity index (χ3v) is 6.87. The average molecular weight is 430 g/mol. The normalized spacial score (nSPS) is 22.1. The van der Waals surface area contributed by atoms with Gasteiger partial charge in [0.25, 0.3) is 5.91 Å². The van der Waals surface area contributed by atoms with Crippen LogP contribution in [0.5, 0.6) is 0 Å². The van der Waals surface area contributed by atoms with Crippen molar-refractivity contribution >= 4 is 28.8 Å². The second-order valence-electron chi connectivity index (χ2n) is 8.24. The van der Waals surface area contributed by atoms with Crippen molar-refractivity contribution in [1.29, 1.82) is 0 Å². The first-order valence-electron chi connectivity index (χ1n) is 10.7. The summed E-state index contributed by atoms with van der Waals surface area (Å²) in [6.45, 7) is 3.92. The largest absolute Gasteiger partial charge is 0.367 e. The third kappa shape index (κ3) is 4.51. The molecule has 2 atom stereocenters. The number of hydrogen-bond acceptors (Lipinski definition) is 4. The third-order valence-electron chi connectivity index (χ3n) is 6.01. The summed E-state index contributed by atoms with van der Waals surface area (Å²) in [5.74, 6) is -0.374. The van der Waals surface area contributed by atoms with E-state index in [9.17, 15) is 14.0 Å². The summed E-state index contributed by atoms with van der Waals surface area (Å²) in [5.41, 5.74) is 1.61. The quantitative estimate of drug-likeness (QED) is 0.800. The van der Waals surface area contributed by atoms with E-state index in [1.807, 2.05) is 35.4 Å². The Morgan fingerprint density at radius 1 is 1.13 bits per heavy atom. The van der Waals surface area contributed by atoms with Gasteiger partial charge in [0.15, 0.2) is 0 Å². The number of likely N-dealkylation sites (tertiary alicyclic amines) is 1. The Bertz CT molecular complexity index is 902. The Labute approximate surface area is 180 Å². The number of rotatable bonds is 4. The Morgan fingerprint density at radius 3 is 2.80 bits per heavy atom. The number of nitrogens with one attached hydrogen (secondary N) is 1. The molecule has 1 N–H and O–H groups in total. The van der Waals surface area contributed by atoms with Gasteiger partial charge >= 0.3 is 0 Å².